The lowest BCUT2D eigenvalue weighted by Gasteiger charge is -2.13. The minimum atomic E-state index is 0.798. The van der Waals surface area contributed by atoms with Crippen LogP contribution < -0.4 is 0 Å². The van der Waals surface area contributed by atoms with Gasteiger partial charge in [0, 0.05) is 0 Å². The summed E-state index contributed by atoms with van der Waals surface area (Å²) in [6, 6.07) is 0. The van der Waals surface area contributed by atoms with Gasteiger partial charge in [-0.3, -0.25) is 0 Å². The summed E-state index contributed by atoms with van der Waals surface area (Å²) in [7, 11) is 0. The third-order valence-electron chi connectivity index (χ3n) is 2.68. The molecular formula is C13H24. The molecule has 13 heavy (non-hydrogen) atoms. The standard InChI is InChI=1S/C13H24/c1-5-8-9-10-11-13(7-3)12(4)6-2/h6,8-9,13H,5,7,10-11H2,1-4H3. The third-order valence-corrected chi connectivity index (χ3v) is 2.68. The average molecular weight is 180 g/mol. The Kier molecular flexibility index (Phi) is 7.77. The molecule has 0 aromatic rings. The molecule has 1 unspecified atom stereocenters. The lowest BCUT2D eigenvalue weighted by molar-refractivity contribution is 0.547. The van der Waals surface area contributed by atoms with Crippen LogP contribution in [0.2, 0.25) is 0 Å². The first-order valence-electron chi connectivity index (χ1n) is 5.54. The smallest absolute Gasteiger partial charge is 0.0206 e. The molecule has 0 aliphatic carbocycles. The topological polar surface area (TPSA) is 0 Å². The lowest BCUT2D eigenvalue weighted by atomic mass is 9.92. The van der Waals surface area contributed by atoms with Gasteiger partial charge >= 0.3 is 0 Å². The van der Waals surface area contributed by atoms with Gasteiger partial charge in [-0.1, -0.05) is 37.6 Å². The van der Waals surface area contributed by atoms with Crippen LogP contribution in [0.3, 0.4) is 0 Å². The van der Waals surface area contributed by atoms with E-state index in [1.807, 2.05) is 0 Å². The van der Waals surface area contributed by atoms with Crippen molar-refractivity contribution in [2.75, 3.05) is 0 Å². The summed E-state index contributed by atoms with van der Waals surface area (Å²) in [5.74, 6) is 0.798. The van der Waals surface area contributed by atoms with Crippen LogP contribution in [-0.2, 0) is 0 Å². The Morgan fingerprint density at radius 2 is 1.92 bits per heavy atom. The molecule has 0 aliphatic heterocycles. The fourth-order valence-corrected chi connectivity index (χ4v) is 1.57. The largest absolute Gasteiger partial charge is 0.0888 e. The number of hydrogen-bond donors (Lipinski definition) is 0. The van der Waals surface area contributed by atoms with Crippen LogP contribution in [0.1, 0.15) is 53.4 Å². The van der Waals surface area contributed by atoms with E-state index in [-0.39, 0.29) is 0 Å². The van der Waals surface area contributed by atoms with Gasteiger partial charge in [0.1, 0.15) is 0 Å². The van der Waals surface area contributed by atoms with Crippen LogP contribution >= 0.6 is 0 Å². The summed E-state index contributed by atoms with van der Waals surface area (Å²) in [5.41, 5.74) is 1.55. The third kappa shape index (κ3) is 5.68. The maximum absolute atomic E-state index is 2.31. The molecule has 1 atom stereocenters. The highest BCUT2D eigenvalue weighted by Gasteiger charge is 2.05. The quantitative estimate of drug-likeness (QED) is 0.519. The zero-order chi connectivity index (χ0) is 10.1. The van der Waals surface area contributed by atoms with Gasteiger partial charge in [-0.25, -0.2) is 0 Å². The highest BCUT2D eigenvalue weighted by atomic mass is 14.1. The van der Waals surface area contributed by atoms with Crippen molar-refractivity contribution in [2.45, 2.75) is 53.4 Å². The Labute approximate surface area is 83.7 Å². The number of rotatable bonds is 6. The summed E-state index contributed by atoms with van der Waals surface area (Å²) in [6.45, 7) is 8.85. The van der Waals surface area contributed by atoms with Crippen molar-refractivity contribution < 1.29 is 0 Å². The van der Waals surface area contributed by atoms with Crippen LogP contribution in [0.15, 0.2) is 23.8 Å². The van der Waals surface area contributed by atoms with Crippen LogP contribution in [0, 0.1) is 5.92 Å². The van der Waals surface area contributed by atoms with Gasteiger partial charge < -0.3 is 0 Å². The predicted octanol–water partition coefficient (Wildman–Crippen LogP) is 4.73. The van der Waals surface area contributed by atoms with Gasteiger partial charge in [-0.2, -0.15) is 0 Å². The zero-order valence-electron chi connectivity index (χ0n) is 9.64. The van der Waals surface area contributed by atoms with E-state index in [4.69, 9.17) is 0 Å². The summed E-state index contributed by atoms with van der Waals surface area (Å²) in [5, 5.41) is 0. The SMILES string of the molecule is CC=C(C)C(CC)CCC=CCC. The van der Waals surface area contributed by atoms with Gasteiger partial charge in [0.15, 0.2) is 0 Å². The van der Waals surface area contributed by atoms with Crippen molar-refractivity contribution in [1.29, 1.82) is 0 Å². The van der Waals surface area contributed by atoms with Crippen LogP contribution in [0.4, 0.5) is 0 Å². The highest BCUT2D eigenvalue weighted by molar-refractivity contribution is 5.01. The van der Waals surface area contributed by atoms with E-state index < -0.39 is 0 Å². The molecule has 0 nitrogen and oxygen atoms in total. The molecule has 76 valence electrons. The van der Waals surface area contributed by atoms with E-state index in [0.717, 1.165) is 5.92 Å². The fraction of sp³-hybridized carbons (Fsp3) is 0.692. The van der Waals surface area contributed by atoms with Crippen molar-refractivity contribution in [3.63, 3.8) is 0 Å². The molecule has 0 N–H and O–H groups in total. The molecule has 0 saturated heterocycles. The van der Waals surface area contributed by atoms with Gasteiger partial charge in [-0.05, 0) is 45.4 Å². The lowest BCUT2D eigenvalue weighted by Crippen LogP contribution is -1.99. The Morgan fingerprint density at radius 1 is 1.23 bits per heavy atom. The average Bonchev–Trinajstić information content (AvgIpc) is 2.17. The summed E-state index contributed by atoms with van der Waals surface area (Å²) >= 11 is 0. The molecule has 0 aromatic carbocycles. The van der Waals surface area contributed by atoms with E-state index in [9.17, 15) is 0 Å². The molecule has 0 spiro atoms. The van der Waals surface area contributed by atoms with Gasteiger partial charge in [0.05, 0.1) is 0 Å². The van der Waals surface area contributed by atoms with Crippen LogP contribution in [0.25, 0.3) is 0 Å². The summed E-state index contributed by atoms with van der Waals surface area (Å²) in [4.78, 5) is 0. The maximum atomic E-state index is 2.31. The van der Waals surface area contributed by atoms with E-state index in [2.05, 4.69) is 45.9 Å². The monoisotopic (exact) mass is 180 g/mol. The molecule has 0 radical (unpaired) electrons. The van der Waals surface area contributed by atoms with E-state index in [1.54, 1.807) is 5.57 Å². The van der Waals surface area contributed by atoms with Crippen molar-refractivity contribution in [3.8, 4) is 0 Å². The van der Waals surface area contributed by atoms with Crippen LogP contribution in [0.5, 0.6) is 0 Å². The Balaban J connectivity index is 3.79. The molecule has 0 heterocycles. The Hall–Kier alpha value is -0.520. The second-order valence-corrected chi connectivity index (χ2v) is 3.59. The van der Waals surface area contributed by atoms with Crippen LogP contribution in [-0.4, -0.2) is 0 Å². The fourth-order valence-electron chi connectivity index (χ4n) is 1.57. The first-order valence-corrected chi connectivity index (χ1v) is 5.54. The molecule has 0 aliphatic rings. The molecule has 0 amide bonds. The first-order chi connectivity index (χ1) is 6.26. The molecule has 0 fully saturated rings. The Bertz CT molecular complexity index is 163. The zero-order valence-corrected chi connectivity index (χ0v) is 9.64. The molecule has 0 heteroatoms. The minimum Gasteiger partial charge on any atom is -0.0888 e. The molecule has 0 bridgehead atoms. The van der Waals surface area contributed by atoms with Gasteiger partial charge in [0.25, 0.3) is 0 Å². The van der Waals surface area contributed by atoms with E-state index in [0.29, 0.717) is 0 Å². The molecule has 0 rings (SSSR count). The molecular weight excluding hydrogens is 156 g/mol. The predicted molar refractivity (Wildman–Crippen MR) is 61.9 cm³/mol. The summed E-state index contributed by atoms with van der Waals surface area (Å²) < 4.78 is 0. The molecule has 0 saturated carbocycles. The Morgan fingerprint density at radius 3 is 2.38 bits per heavy atom. The minimum absolute atomic E-state index is 0.798. The van der Waals surface area contributed by atoms with Gasteiger partial charge in [0.2, 0.25) is 0 Å². The first kappa shape index (κ1) is 12.5. The summed E-state index contributed by atoms with van der Waals surface area (Å²) in [6.07, 6.45) is 11.8. The normalized spacial score (nSPS) is 15.2. The maximum Gasteiger partial charge on any atom is -0.0206 e. The van der Waals surface area contributed by atoms with Crippen molar-refractivity contribution >= 4 is 0 Å². The van der Waals surface area contributed by atoms with Crippen molar-refractivity contribution in [3.05, 3.63) is 23.8 Å². The van der Waals surface area contributed by atoms with E-state index in [1.165, 1.54) is 25.7 Å². The van der Waals surface area contributed by atoms with E-state index >= 15 is 0 Å². The highest BCUT2D eigenvalue weighted by Crippen LogP contribution is 2.20. The molecule has 0 aromatic heterocycles. The number of hydrogen-bond acceptors (Lipinski definition) is 0. The second kappa shape index (κ2) is 8.10. The van der Waals surface area contributed by atoms with Gasteiger partial charge in [-0.15, -0.1) is 0 Å². The number of allylic oxidation sites excluding steroid dienone is 4. The second-order valence-electron chi connectivity index (χ2n) is 3.59. The van der Waals surface area contributed by atoms with Crippen molar-refractivity contribution in [2.24, 2.45) is 5.92 Å². The van der Waals surface area contributed by atoms with Crippen molar-refractivity contribution in [1.82, 2.24) is 0 Å².